The van der Waals surface area contributed by atoms with Gasteiger partial charge in [-0.1, -0.05) is 24.3 Å². The van der Waals surface area contributed by atoms with E-state index < -0.39 is 10.8 Å². The highest BCUT2D eigenvalue weighted by Gasteiger charge is 2.19. The number of carbonyl (C=O) groups is 1. The first kappa shape index (κ1) is 21.2. The summed E-state index contributed by atoms with van der Waals surface area (Å²) in [6, 6.07) is 14.8. The number of hydrogen-bond acceptors (Lipinski definition) is 3. The van der Waals surface area contributed by atoms with E-state index in [9.17, 15) is 9.00 Å². The molecule has 1 amide bonds. The molecule has 1 unspecified atom stereocenters. The molecular formula is C19H25ClN2O2S. The van der Waals surface area contributed by atoms with E-state index >= 15 is 0 Å². The molecule has 0 aromatic heterocycles. The number of nitrogens with one attached hydrogen (secondary N) is 1. The highest BCUT2D eigenvalue weighted by atomic mass is 35.5. The fraction of sp³-hybridized carbons (Fsp3) is 0.316. The number of amides is 1. The average Bonchev–Trinajstić information content (AvgIpc) is 2.49. The molecule has 0 aliphatic carbocycles. The van der Waals surface area contributed by atoms with Crippen LogP contribution in [0.3, 0.4) is 0 Å². The van der Waals surface area contributed by atoms with E-state index in [1.54, 1.807) is 12.1 Å². The Kier molecular flexibility index (Phi) is 7.64. The molecule has 0 bridgehead atoms. The lowest BCUT2D eigenvalue weighted by Gasteiger charge is -2.18. The molecule has 0 saturated carbocycles. The van der Waals surface area contributed by atoms with Crippen molar-refractivity contribution in [3.63, 3.8) is 0 Å². The van der Waals surface area contributed by atoms with Crippen LogP contribution in [0.2, 0.25) is 0 Å². The first-order valence-corrected chi connectivity index (χ1v) is 9.17. The Morgan fingerprint density at radius 2 is 1.72 bits per heavy atom. The van der Waals surface area contributed by atoms with Crippen molar-refractivity contribution in [2.24, 2.45) is 0 Å². The van der Waals surface area contributed by atoms with E-state index in [2.05, 4.69) is 5.32 Å². The highest BCUT2D eigenvalue weighted by Crippen LogP contribution is 2.19. The summed E-state index contributed by atoms with van der Waals surface area (Å²) in [5.74, 6) is 0.388. The van der Waals surface area contributed by atoms with E-state index in [-0.39, 0.29) is 23.1 Å². The predicted molar refractivity (Wildman–Crippen MR) is 108 cm³/mol. The Morgan fingerprint density at radius 1 is 1.08 bits per heavy atom. The Labute approximate surface area is 158 Å². The second-order valence-electron chi connectivity index (χ2n) is 6.77. The van der Waals surface area contributed by atoms with Gasteiger partial charge in [0, 0.05) is 32.7 Å². The number of nitrogens with two attached hydrogens (primary N) is 1. The number of nitrogen functional groups attached to an aromatic ring is 1. The van der Waals surface area contributed by atoms with Gasteiger partial charge in [-0.15, -0.1) is 12.4 Å². The summed E-state index contributed by atoms with van der Waals surface area (Å²) in [5.41, 5.74) is 8.90. The molecule has 0 aliphatic heterocycles. The van der Waals surface area contributed by atoms with Gasteiger partial charge in [-0.2, -0.15) is 0 Å². The number of hydrogen-bond donors (Lipinski definition) is 2. The van der Waals surface area contributed by atoms with Gasteiger partial charge in [0.1, 0.15) is 0 Å². The molecule has 4 nitrogen and oxygen atoms in total. The summed E-state index contributed by atoms with van der Waals surface area (Å²) >= 11 is 0. The minimum absolute atomic E-state index is 0. The molecule has 0 saturated heterocycles. The number of halogens is 1. The molecule has 0 radical (unpaired) electrons. The lowest BCUT2D eigenvalue weighted by Crippen LogP contribution is -2.23. The SMILES string of the molecule is CC(C)(C)S(=O)Cc1cccc(NC(=O)Cc2ccc(N)cc2)c1.Cl. The molecule has 2 rings (SSSR count). The molecular weight excluding hydrogens is 356 g/mol. The van der Waals surface area contributed by atoms with Crippen LogP contribution in [0.15, 0.2) is 48.5 Å². The van der Waals surface area contributed by atoms with Crippen LogP contribution in [-0.2, 0) is 27.8 Å². The predicted octanol–water partition coefficient (Wildman–Crippen LogP) is 3.92. The van der Waals surface area contributed by atoms with Crippen LogP contribution in [0.25, 0.3) is 0 Å². The van der Waals surface area contributed by atoms with Crippen LogP contribution in [-0.4, -0.2) is 14.9 Å². The first-order chi connectivity index (χ1) is 11.2. The third-order valence-corrected chi connectivity index (χ3v) is 5.50. The van der Waals surface area contributed by atoms with Crippen LogP contribution in [0.5, 0.6) is 0 Å². The molecule has 0 heterocycles. The number of anilines is 2. The van der Waals surface area contributed by atoms with Gasteiger partial charge >= 0.3 is 0 Å². The van der Waals surface area contributed by atoms with Crippen molar-refractivity contribution in [2.75, 3.05) is 11.1 Å². The zero-order valence-corrected chi connectivity index (χ0v) is 16.4. The number of rotatable bonds is 5. The van der Waals surface area contributed by atoms with E-state index in [0.29, 0.717) is 17.9 Å². The van der Waals surface area contributed by atoms with Crippen LogP contribution in [0.1, 0.15) is 31.9 Å². The zero-order valence-electron chi connectivity index (χ0n) is 14.7. The maximum atomic E-state index is 12.2. The maximum absolute atomic E-state index is 12.2. The fourth-order valence-corrected chi connectivity index (χ4v) is 3.05. The molecule has 0 spiro atoms. The minimum atomic E-state index is -0.968. The van der Waals surface area contributed by atoms with Gasteiger partial charge in [-0.05, 0) is 56.2 Å². The molecule has 1 atom stereocenters. The summed E-state index contributed by atoms with van der Waals surface area (Å²) < 4.78 is 12.0. The molecule has 25 heavy (non-hydrogen) atoms. The summed E-state index contributed by atoms with van der Waals surface area (Å²) in [5, 5.41) is 2.89. The maximum Gasteiger partial charge on any atom is 0.228 e. The van der Waals surface area contributed by atoms with Gasteiger partial charge in [0.05, 0.1) is 6.42 Å². The summed E-state index contributed by atoms with van der Waals surface area (Å²) in [7, 11) is -0.968. The molecule has 2 aromatic carbocycles. The van der Waals surface area contributed by atoms with Crippen molar-refractivity contribution in [1.29, 1.82) is 0 Å². The number of carbonyl (C=O) groups excluding carboxylic acids is 1. The van der Waals surface area contributed by atoms with Gasteiger partial charge in [0.15, 0.2) is 0 Å². The van der Waals surface area contributed by atoms with Crippen molar-refractivity contribution < 1.29 is 9.00 Å². The van der Waals surface area contributed by atoms with Crippen molar-refractivity contribution in [3.05, 3.63) is 59.7 Å². The highest BCUT2D eigenvalue weighted by molar-refractivity contribution is 7.85. The topological polar surface area (TPSA) is 72.2 Å². The normalized spacial score (nSPS) is 12.1. The monoisotopic (exact) mass is 380 g/mol. The van der Waals surface area contributed by atoms with Gasteiger partial charge in [-0.3, -0.25) is 9.00 Å². The molecule has 0 fully saturated rings. The minimum Gasteiger partial charge on any atom is -0.399 e. The third kappa shape index (κ3) is 6.88. The second-order valence-corrected chi connectivity index (χ2v) is 8.97. The Balaban J connectivity index is 0.00000312. The Morgan fingerprint density at radius 3 is 2.32 bits per heavy atom. The van der Waals surface area contributed by atoms with Crippen LogP contribution < -0.4 is 11.1 Å². The quantitative estimate of drug-likeness (QED) is 0.772. The lowest BCUT2D eigenvalue weighted by atomic mass is 10.1. The summed E-state index contributed by atoms with van der Waals surface area (Å²) in [4.78, 5) is 12.2. The van der Waals surface area contributed by atoms with E-state index in [1.165, 1.54) is 0 Å². The van der Waals surface area contributed by atoms with Gasteiger partial charge in [0.2, 0.25) is 5.91 Å². The first-order valence-electron chi connectivity index (χ1n) is 7.86. The van der Waals surface area contributed by atoms with Gasteiger partial charge in [0.25, 0.3) is 0 Å². The molecule has 2 aromatic rings. The largest absolute Gasteiger partial charge is 0.399 e. The van der Waals surface area contributed by atoms with E-state index in [4.69, 9.17) is 5.73 Å². The fourth-order valence-electron chi connectivity index (χ4n) is 2.13. The van der Waals surface area contributed by atoms with Crippen LogP contribution in [0.4, 0.5) is 11.4 Å². The molecule has 0 aliphatic rings. The molecule has 6 heteroatoms. The number of benzene rings is 2. The summed E-state index contributed by atoms with van der Waals surface area (Å²) in [6.45, 7) is 5.88. The Bertz CT molecular complexity index is 740. The standard InChI is InChI=1S/C19H24N2O2S.ClH/c1-19(2,3)24(23)13-15-5-4-6-17(11-15)21-18(22)12-14-7-9-16(20)10-8-14;/h4-11H,12-13,20H2,1-3H3,(H,21,22);1H. The third-order valence-electron chi connectivity index (χ3n) is 3.54. The second kappa shape index (κ2) is 9.02. The van der Waals surface area contributed by atoms with Crippen molar-refractivity contribution in [3.8, 4) is 0 Å². The average molecular weight is 381 g/mol. The summed E-state index contributed by atoms with van der Waals surface area (Å²) in [6.07, 6.45) is 0.290. The van der Waals surface area contributed by atoms with Crippen molar-refractivity contribution in [1.82, 2.24) is 0 Å². The van der Waals surface area contributed by atoms with Gasteiger partial charge in [-0.25, -0.2) is 0 Å². The Hall–Kier alpha value is -1.85. The van der Waals surface area contributed by atoms with Crippen LogP contribution in [0, 0.1) is 0 Å². The molecule has 3 N–H and O–H groups in total. The van der Waals surface area contributed by atoms with Crippen molar-refractivity contribution in [2.45, 2.75) is 37.7 Å². The van der Waals surface area contributed by atoms with Crippen LogP contribution >= 0.6 is 12.4 Å². The van der Waals surface area contributed by atoms with Gasteiger partial charge < -0.3 is 11.1 Å². The smallest absolute Gasteiger partial charge is 0.228 e. The lowest BCUT2D eigenvalue weighted by molar-refractivity contribution is -0.115. The molecule has 136 valence electrons. The van der Waals surface area contributed by atoms with Crippen molar-refractivity contribution >= 4 is 40.5 Å². The van der Waals surface area contributed by atoms with E-state index in [0.717, 1.165) is 16.8 Å². The zero-order chi connectivity index (χ0) is 17.7. The van der Waals surface area contributed by atoms with E-state index in [1.807, 2.05) is 57.2 Å².